The molecule has 1 N–H and O–H groups in total. The number of carbonyl (C=O) groups excluding carboxylic acids is 1. The number of aromatic nitrogens is 1. The van der Waals surface area contributed by atoms with Gasteiger partial charge in [-0.2, -0.15) is 0 Å². The summed E-state index contributed by atoms with van der Waals surface area (Å²) in [7, 11) is 0. The van der Waals surface area contributed by atoms with Crippen molar-refractivity contribution >= 4 is 22.4 Å². The van der Waals surface area contributed by atoms with E-state index in [1.54, 1.807) is 0 Å². The Morgan fingerprint density at radius 3 is 2.85 bits per heavy atom. The van der Waals surface area contributed by atoms with Gasteiger partial charge in [0.15, 0.2) is 5.13 Å². The number of aryl methyl sites for hydroxylation is 3. The highest BCUT2D eigenvalue weighted by Gasteiger charge is 2.22. The normalized spacial score (nSPS) is 17.8. The highest BCUT2D eigenvalue weighted by molar-refractivity contribution is 7.17. The van der Waals surface area contributed by atoms with Crippen molar-refractivity contribution in [3.8, 4) is 0 Å². The number of benzene rings is 1. The van der Waals surface area contributed by atoms with Gasteiger partial charge in [-0.3, -0.25) is 4.79 Å². The molecule has 4 rings (SSSR count). The van der Waals surface area contributed by atoms with Gasteiger partial charge in [-0.1, -0.05) is 29.5 Å². The Balaban J connectivity index is 1.46. The smallest absolute Gasteiger partial charge is 0.263 e. The molecule has 1 aliphatic heterocycles. The molecule has 1 amide bonds. The molecule has 0 spiro atoms. The van der Waals surface area contributed by atoms with E-state index in [4.69, 9.17) is 4.74 Å². The monoisotopic (exact) mass is 371 g/mol. The summed E-state index contributed by atoms with van der Waals surface area (Å²) >= 11 is 1.48. The van der Waals surface area contributed by atoms with E-state index in [1.165, 1.54) is 40.9 Å². The lowest BCUT2D eigenvalue weighted by Gasteiger charge is -2.26. The first-order chi connectivity index (χ1) is 12.6. The molecular weight excluding hydrogens is 346 g/mol. The number of hydrogen-bond acceptors (Lipinski definition) is 5. The van der Waals surface area contributed by atoms with Crippen molar-refractivity contribution in [1.82, 2.24) is 10.3 Å². The Labute approximate surface area is 158 Å². The molecule has 0 saturated carbocycles. The van der Waals surface area contributed by atoms with Gasteiger partial charge in [0.05, 0.1) is 24.9 Å². The molecule has 1 atom stereocenters. The largest absolute Gasteiger partial charge is 0.378 e. The molecule has 6 heteroatoms. The van der Waals surface area contributed by atoms with Crippen molar-refractivity contribution in [2.24, 2.45) is 0 Å². The number of carbonyl (C=O) groups is 1. The first-order valence-electron chi connectivity index (χ1n) is 9.34. The minimum Gasteiger partial charge on any atom is -0.378 e. The molecule has 2 aliphatic rings. The van der Waals surface area contributed by atoms with Gasteiger partial charge in [0.1, 0.15) is 4.88 Å². The van der Waals surface area contributed by atoms with E-state index in [-0.39, 0.29) is 11.9 Å². The predicted octanol–water partition coefficient (Wildman–Crippen LogP) is 3.27. The second-order valence-corrected chi connectivity index (χ2v) is 8.06. The van der Waals surface area contributed by atoms with Gasteiger partial charge < -0.3 is 15.0 Å². The number of rotatable bonds is 4. The van der Waals surface area contributed by atoms with Crippen molar-refractivity contribution in [3.63, 3.8) is 0 Å². The SMILES string of the molecule is Cc1nc(N2CCOCC2)sc1C(=O)NC(C)c1ccc2c(c1)CCC2. The van der Waals surface area contributed by atoms with Gasteiger partial charge in [-0.15, -0.1) is 0 Å². The number of morpholine rings is 1. The summed E-state index contributed by atoms with van der Waals surface area (Å²) in [5.74, 6) is -0.0347. The minimum absolute atomic E-state index is 0.0123. The average Bonchev–Trinajstić information content (AvgIpc) is 3.28. The molecule has 26 heavy (non-hydrogen) atoms. The summed E-state index contributed by atoms with van der Waals surface area (Å²) in [5.41, 5.74) is 4.87. The lowest BCUT2D eigenvalue weighted by molar-refractivity contribution is 0.0943. The lowest BCUT2D eigenvalue weighted by Crippen LogP contribution is -2.36. The number of fused-ring (bicyclic) bond motifs is 1. The molecule has 1 aromatic heterocycles. The molecular formula is C20H25N3O2S. The zero-order chi connectivity index (χ0) is 18.1. The summed E-state index contributed by atoms with van der Waals surface area (Å²) in [6, 6.07) is 6.61. The summed E-state index contributed by atoms with van der Waals surface area (Å²) < 4.78 is 5.39. The van der Waals surface area contributed by atoms with Crippen LogP contribution in [-0.2, 0) is 17.6 Å². The Kier molecular flexibility index (Phi) is 4.96. The molecule has 0 radical (unpaired) electrons. The third kappa shape index (κ3) is 3.48. The van der Waals surface area contributed by atoms with Crippen LogP contribution in [-0.4, -0.2) is 37.2 Å². The standard InChI is InChI=1S/C20H25N3O2S/c1-13(16-7-6-15-4-3-5-17(15)12-16)21-19(24)18-14(2)22-20(26-18)23-8-10-25-11-9-23/h6-7,12-13H,3-5,8-11H2,1-2H3,(H,21,24). The number of hydrogen-bond donors (Lipinski definition) is 1. The molecule has 1 unspecified atom stereocenters. The van der Waals surface area contributed by atoms with Crippen LogP contribution in [0.1, 0.15) is 51.4 Å². The summed E-state index contributed by atoms with van der Waals surface area (Å²) in [4.78, 5) is 20.3. The fraction of sp³-hybridized carbons (Fsp3) is 0.500. The van der Waals surface area contributed by atoms with E-state index < -0.39 is 0 Å². The summed E-state index contributed by atoms with van der Waals surface area (Å²) in [6.45, 7) is 7.06. The van der Waals surface area contributed by atoms with Crippen LogP contribution in [0, 0.1) is 6.92 Å². The van der Waals surface area contributed by atoms with Crippen molar-refractivity contribution in [2.75, 3.05) is 31.2 Å². The quantitative estimate of drug-likeness (QED) is 0.896. The predicted molar refractivity (Wildman–Crippen MR) is 104 cm³/mol. The van der Waals surface area contributed by atoms with Crippen LogP contribution in [0.25, 0.3) is 0 Å². The maximum atomic E-state index is 12.8. The molecule has 1 aromatic carbocycles. The van der Waals surface area contributed by atoms with Gasteiger partial charge >= 0.3 is 0 Å². The molecule has 0 bridgehead atoms. The first-order valence-corrected chi connectivity index (χ1v) is 10.2. The molecule has 5 nitrogen and oxygen atoms in total. The van der Waals surface area contributed by atoms with Crippen LogP contribution in [0.4, 0.5) is 5.13 Å². The van der Waals surface area contributed by atoms with Gasteiger partial charge in [-0.25, -0.2) is 4.98 Å². The van der Waals surface area contributed by atoms with Crippen molar-refractivity contribution in [1.29, 1.82) is 0 Å². The Hall–Kier alpha value is -1.92. The highest BCUT2D eigenvalue weighted by atomic mass is 32.1. The number of anilines is 1. The van der Waals surface area contributed by atoms with Crippen LogP contribution in [0.15, 0.2) is 18.2 Å². The maximum Gasteiger partial charge on any atom is 0.263 e. The molecule has 1 aliphatic carbocycles. The molecule has 1 fully saturated rings. The Bertz CT molecular complexity index is 811. The van der Waals surface area contributed by atoms with E-state index in [0.717, 1.165) is 43.5 Å². The van der Waals surface area contributed by atoms with Crippen molar-refractivity contribution < 1.29 is 9.53 Å². The summed E-state index contributed by atoms with van der Waals surface area (Å²) in [5, 5.41) is 4.07. The first kappa shape index (κ1) is 17.5. The number of nitrogens with one attached hydrogen (secondary N) is 1. The van der Waals surface area contributed by atoms with Crippen molar-refractivity contribution in [3.05, 3.63) is 45.5 Å². The second-order valence-electron chi connectivity index (χ2n) is 7.09. The zero-order valence-electron chi connectivity index (χ0n) is 15.4. The second kappa shape index (κ2) is 7.37. The number of ether oxygens (including phenoxy) is 1. The zero-order valence-corrected chi connectivity index (χ0v) is 16.2. The van der Waals surface area contributed by atoms with Gasteiger partial charge in [-0.05, 0) is 49.8 Å². The number of amides is 1. The van der Waals surface area contributed by atoms with Gasteiger partial charge in [0.2, 0.25) is 0 Å². The molecule has 2 aromatic rings. The fourth-order valence-electron chi connectivity index (χ4n) is 3.69. The van der Waals surface area contributed by atoms with Crippen molar-refractivity contribution in [2.45, 2.75) is 39.2 Å². The molecule has 2 heterocycles. The van der Waals surface area contributed by atoms with Crippen LogP contribution in [0.3, 0.4) is 0 Å². The average molecular weight is 372 g/mol. The number of nitrogens with zero attached hydrogens (tertiary/aromatic N) is 2. The molecule has 138 valence electrons. The van der Waals surface area contributed by atoms with E-state index in [1.807, 2.05) is 13.8 Å². The number of thiazole rings is 1. The van der Waals surface area contributed by atoms with Crippen LogP contribution in [0.5, 0.6) is 0 Å². The van der Waals surface area contributed by atoms with E-state index in [9.17, 15) is 4.79 Å². The van der Waals surface area contributed by atoms with Gasteiger partial charge in [0.25, 0.3) is 5.91 Å². The third-order valence-corrected chi connectivity index (χ3v) is 6.46. The topological polar surface area (TPSA) is 54.5 Å². The Morgan fingerprint density at radius 1 is 1.27 bits per heavy atom. The Morgan fingerprint density at radius 2 is 2.04 bits per heavy atom. The van der Waals surface area contributed by atoms with Crippen LogP contribution in [0.2, 0.25) is 0 Å². The van der Waals surface area contributed by atoms with E-state index in [2.05, 4.69) is 33.4 Å². The summed E-state index contributed by atoms with van der Waals surface area (Å²) in [6.07, 6.45) is 3.57. The highest BCUT2D eigenvalue weighted by Crippen LogP contribution is 2.28. The van der Waals surface area contributed by atoms with E-state index in [0.29, 0.717) is 4.88 Å². The van der Waals surface area contributed by atoms with E-state index >= 15 is 0 Å². The van der Waals surface area contributed by atoms with Crippen LogP contribution < -0.4 is 10.2 Å². The fourth-order valence-corrected chi connectivity index (χ4v) is 4.71. The lowest BCUT2D eigenvalue weighted by atomic mass is 10.0. The molecule has 1 saturated heterocycles. The minimum atomic E-state index is -0.0347. The van der Waals surface area contributed by atoms with Crippen LogP contribution >= 0.6 is 11.3 Å². The van der Waals surface area contributed by atoms with Gasteiger partial charge in [0, 0.05) is 13.1 Å². The maximum absolute atomic E-state index is 12.8. The third-order valence-electron chi connectivity index (χ3n) is 5.24.